The van der Waals surface area contributed by atoms with Crippen LogP contribution in [0.15, 0.2) is 36.4 Å². The Bertz CT molecular complexity index is 1810. The summed E-state index contributed by atoms with van der Waals surface area (Å²) in [4.78, 5) is 13.2. The normalized spacial score (nSPS) is 22.4. The van der Waals surface area contributed by atoms with Crippen molar-refractivity contribution in [2.75, 3.05) is 35.3 Å². The third kappa shape index (κ3) is 4.37. The number of fused-ring (bicyclic) bond motifs is 7. The number of aromatic nitrogens is 1. The summed E-state index contributed by atoms with van der Waals surface area (Å²) < 4.78 is 63.8. The molecule has 3 aromatic rings. The maximum absolute atomic E-state index is 14.0. The molecule has 1 aliphatic heterocycles. The summed E-state index contributed by atoms with van der Waals surface area (Å²) in [7, 11) is -0.211. The summed E-state index contributed by atoms with van der Waals surface area (Å²) in [5.41, 5.74) is 5.07. The molecular formula is C30H38N4O6S2. The molecule has 6 rings (SSSR count). The van der Waals surface area contributed by atoms with Crippen molar-refractivity contribution in [1.29, 1.82) is 0 Å². The van der Waals surface area contributed by atoms with Crippen molar-refractivity contribution in [1.82, 2.24) is 17.9 Å². The molecule has 0 saturated heterocycles. The summed E-state index contributed by atoms with van der Waals surface area (Å²) in [5.74, 6) is 0.0265. The van der Waals surface area contributed by atoms with Crippen molar-refractivity contribution in [3.05, 3.63) is 53.1 Å². The number of nitrogens with one attached hydrogen (secondary N) is 1. The minimum absolute atomic E-state index is 0.194. The number of ether oxygens (including phenoxy) is 1. The van der Waals surface area contributed by atoms with E-state index in [0.717, 1.165) is 57.7 Å². The fraction of sp³-hybridized carbons (Fsp3) is 0.500. The van der Waals surface area contributed by atoms with E-state index in [0.29, 0.717) is 12.2 Å². The van der Waals surface area contributed by atoms with Crippen LogP contribution in [-0.4, -0.2) is 76.0 Å². The first kappa shape index (κ1) is 29.2. The summed E-state index contributed by atoms with van der Waals surface area (Å²) in [6.07, 6.45) is 5.98. The molecule has 10 nitrogen and oxygen atoms in total. The Morgan fingerprint density at radius 2 is 1.69 bits per heavy atom. The summed E-state index contributed by atoms with van der Waals surface area (Å²) in [5, 5.41) is 0.974. The molecule has 0 bridgehead atoms. The Labute approximate surface area is 247 Å². The number of amides is 1. The lowest BCUT2D eigenvalue weighted by molar-refractivity contribution is 0.0979. The molecule has 12 heteroatoms. The first-order valence-electron chi connectivity index (χ1n) is 14.3. The second-order valence-electron chi connectivity index (χ2n) is 12.2. The molecule has 0 radical (unpaired) electrons. The van der Waals surface area contributed by atoms with Crippen LogP contribution in [0.3, 0.4) is 0 Å². The number of nitrogens with zero attached hydrogens (tertiary/aromatic N) is 3. The largest absolute Gasteiger partial charge is 0.497 e. The Morgan fingerprint density at radius 3 is 2.33 bits per heavy atom. The zero-order valence-corrected chi connectivity index (χ0v) is 26.3. The van der Waals surface area contributed by atoms with Crippen molar-refractivity contribution in [2.45, 2.75) is 61.7 Å². The molecule has 2 atom stereocenters. The Morgan fingerprint density at radius 1 is 0.976 bits per heavy atom. The SMILES string of the molecule is COc1ccc2c(c1)C1CC1(S(=O)(=O)N(C)C)Cn1c-2c(C2CCCCC2)c2ccc(C(=O)NS(=O)(=O)N(C)C)cc21. The van der Waals surface area contributed by atoms with E-state index >= 15 is 0 Å². The molecule has 2 aliphatic carbocycles. The van der Waals surface area contributed by atoms with Gasteiger partial charge in [0.05, 0.1) is 12.8 Å². The maximum Gasteiger partial charge on any atom is 0.303 e. The zero-order chi connectivity index (χ0) is 30.2. The minimum atomic E-state index is -3.99. The number of methoxy groups -OCH3 is 1. The van der Waals surface area contributed by atoms with Gasteiger partial charge < -0.3 is 9.30 Å². The topological polar surface area (TPSA) is 118 Å². The van der Waals surface area contributed by atoms with Crippen LogP contribution in [-0.2, 0) is 26.8 Å². The van der Waals surface area contributed by atoms with Crippen molar-refractivity contribution < 1.29 is 26.4 Å². The van der Waals surface area contributed by atoms with Crippen LogP contribution < -0.4 is 9.46 Å². The van der Waals surface area contributed by atoms with Gasteiger partial charge in [-0.3, -0.25) is 4.79 Å². The van der Waals surface area contributed by atoms with Gasteiger partial charge in [-0.1, -0.05) is 25.3 Å². The monoisotopic (exact) mass is 614 g/mol. The summed E-state index contributed by atoms with van der Waals surface area (Å²) in [6.45, 7) is 0.231. The van der Waals surface area contributed by atoms with E-state index in [1.165, 1.54) is 30.4 Å². The molecule has 1 amide bonds. The third-order valence-corrected chi connectivity index (χ3v) is 13.4. The van der Waals surface area contributed by atoms with Crippen LogP contribution >= 0.6 is 0 Å². The zero-order valence-electron chi connectivity index (χ0n) is 24.7. The van der Waals surface area contributed by atoms with Gasteiger partial charge in [0.25, 0.3) is 5.91 Å². The fourth-order valence-electron chi connectivity index (χ4n) is 7.07. The number of hydrogen-bond donors (Lipinski definition) is 1. The van der Waals surface area contributed by atoms with E-state index in [4.69, 9.17) is 4.74 Å². The highest BCUT2D eigenvalue weighted by Crippen LogP contribution is 2.63. The highest BCUT2D eigenvalue weighted by atomic mass is 32.2. The van der Waals surface area contributed by atoms with Gasteiger partial charge in [-0.05, 0) is 66.6 Å². The molecule has 2 heterocycles. The molecule has 0 spiro atoms. The third-order valence-electron chi connectivity index (χ3n) is 9.42. The maximum atomic E-state index is 14.0. The number of rotatable bonds is 7. The first-order valence-corrected chi connectivity index (χ1v) is 17.2. The standard InChI is InChI=1S/C30H38N4O6S2/c1-32(2)41(36,37)30-17-25(30)24-16-21(40-5)12-14-22(24)28-27(19-9-7-6-8-10-19)23-13-11-20(15-26(23)34(28)18-30)29(35)31-42(38,39)33(3)4/h11-16,19,25H,6-10,17-18H2,1-5H3,(H,31,35). The van der Waals surface area contributed by atoms with Crippen LogP contribution in [0, 0.1) is 0 Å². The van der Waals surface area contributed by atoms with Crippen LogP contribution in [0.5, 0.6) is 5.75 Å². The van der Waals surface area contributed by atoms with Crippen LogP contribution in [0.1, 0.15) is 71.8 Å². The first-order chi connectivity index (χ1) is 19.8. The van der Waals surface area contributed by atoms with Gasteiger partial charge in [0.2, 0.25) is 10.0 Å². The summed E-state index contributed by atoms with van der Waals surface area (Å²) >= 11 is 0. The predicted molar refractivity (Wildman–Crippen MR) is 163 cm³/mol. The molecule has 226 valence electrons. The molecule has 1 N–H and O–H groups in total. The van der Waals surface area contributed by atoms with Crippen LogP contribution in [0.2, 0.25) is 0 Å². The van der Waals surface area contributed by atoms with Crippen LogP contribution in [0.25, 0.3) is 22.2 Å². The molecule has 3 aliphatic rings. The number of benzene rings is 2. The quantitative estimate of drug-likeness (QED) is 0.430. The van der Waals surface area contributed by atoms with Gasteiger partial charge in [0.15, 0.2) is 0 Å². The van der Waals surface area contributed by atoms with E-state index in [1.807, 2.05) is 24.3 Å². The Hall–Kier alpha value is -2.93. The number of carbonyl (C=O) groups is 1. The van der Waals surface area contributed by atoms with Crippen molar-refractivity contribution in [3.63, 3.8) is 0 Å². The number of hydrogen-bond acceptors (Lipinski definition) is 6. The predicted octanol–water partition coefficient (Wildman–Crippen LogP) is 4.03. The average Bonchev–Trinajstić information content (AvgIpc) is 3.64. The Kier molecular flexibility index (Phi) is 6.99. The van der Waals surface area contributed by atoms with E-state index in [1.54, 1.807) is 33.3 Å². The molecule has 2 fully saturated rings. The van der Waals surface area contributed by atoms with E-state index in [9.17, 15) is 21.6 Å². The van der Waals surface area contributed by atoms with Gasteiger partial charge in [0.1, 0.15) is 10.5 Å². The second-order valence-corrected chi connectivity index (χ2v) is 16.6. The molecule has 42 heavy (non-hydrogen) atoms. The fourth-order valence-corrected chi connectivity index (χ4v) is 9.49. The molecule has 2 aromatic carbocycles. The van der Waals surface area contributed by atoms with Gasteiger partial charge in [0, 0.05) is 62.7 Å². The lowest BCUT2D eigenvalue weighted by atomic mass is 9.81. The lowest BCUT2D eigenvalue weighted by Crippen LogP contribution is -2.39. The van der Waals surface area contributed by atoms with E-state index in [2.05, 4.69) is 9.29 Å². The van der Waals surface area contributed by atoms with Gasteiger partial charge in [-0.2, -0.15) is 12.7 Å². The van der Waals surface area contributed by atoms with Gasteiger partial charge in [-0.25, -0.2) is 17.4 Å². The van der Waals surface area contributed by atoms with Crippen molar-refractivity contribution in [3.8, 4) is 17.0 Å². The van der Waals surface area contributed by atoms with E-state index in [-0.39, 0.29) is 23.9 Å². The number of carbonyl (C=O) groups excluding carboxylic acids is 1. The smallest absolute Gasteiger partial charge is 0.303 e. The van der Waals surface area contributed by atoms with Crippen molar-refractivity contribution in [2.24, 2.45) is 0 Å². The molecule has 1 aromatic heterocycles. The second kappa shape index (κ2) is 10.1. The highest BCUT2D eigenvalue weighted by molar-refractivity contribution is 7.90. The summed E-state index contributed by atoms with van der Waals surface area (Å²) in [6, 6.07) is 11.2. The van der Waals surface area contributed by atoms with Crippen LogP contribution in [0.4, 0.5) is 0 Å². The molecule has 2 unspecified atom stereocenters. The highest BCUT2D eigenvalue weighted by Gasteiger charge is 2.67. The minimum Gasteiger partial charge on any atom is -0.497 e. The average molecular weight is 615 g/mol. The van der Waals surface area contributed by atoms with E-state index < -0.39 is 30.9 Å². The molecular weight excluding hydrogens is 576 g/mol. The molecule has 2 saturated carbocycles. The number of sulfonamides is 1. The van der Waals surface area contributed by atoms with Gasteiger partial charge in [-0.15, -0.1) is 0 Å². The van der Waals surface area contributed by atoms with Crippen molar-refractivity contribution >= 4 is 37.0 Å². The lowest BCUT2D eigenvalue weighted by Gasteiger charge is -2.24. The van der Waals surface area contributed by atoms with Gasteiger partial charge >= 0.3 is 10.2 Å². The Balaban J connectivity index is 1.63.